The molecule has 2 aromatic carbocycles. The van der Waals surface area contributed by atoms with Crippen LogP contribution in [0.1, 0.15) is 42.7 Å². The molecular formula is C34H31N3O15S. The molecule has 0 saturated carbocycles. The molecule has 3 aromatic rings. The van der Waals surface area contributed by atoms with Crippen LogP contribution in [0.4, 0.5) is 9.59 Å². The van der Waals surface area contributed by atoms with Gasteiger partial charge in [0.2, 0.25) is 11.3 Å². The second-order valence-corrected chi connectivity index (χ2v) is 12.2. The first kappa shape index (κ1) is 37.9. The molecule has 3 heterocycles. The smallest absolute Gasteiger partial charge is 0.477 e. The lowest BCUT2D eigenvalue weighted by Crippen LogP contribution is -2.71. The van der Waals surface area contributed by atoms with Gasteiger partial charge in [-0.15, -0.1) is 11.8 Å². The summed E-state index contributed by atoms with van der Waals surface area (Å²) in [6.07, 6.45) is -1.52. The maximum Gasteiger partial charge on any atom is 0.513 e. The molecule has 0 radical (unpaired) electrons. The van der Waals surface area contributed by atoms with Gasteiger partial charge in [-0.05, 0) is 25.5 Å². The number of carbonyl (C=O) groups excluding carboxylic acids is 6. The van der Waals surface area contributed by atoms with Gasteiger partial charge in [0, 0.05) is 24.3 Å². The maximum atomic E-state index is 13.8. The number of benzene rings is 2. The summed E-state index contributed by atoms with van der Waals surface area (Å²) < 4.78 is 30.2. The number of carboxylic acid groups (broad SMARTS) is 1. The molecule has 1 saturated heterocycles. The van der Waals surface area contributed by atoms with Gasteiger partial charge in [0.05, 0.1) is 18.6 Å². The van der Waals surface area contributed by atoms with E-state index in [-0.39, 0.29) is 59.1 Å². The van der Waals surface area contributed by atoms with Gasteiger partial charge in [0.25, 0.3) is 11.8 Å². The number of thioether (sulfide) groups is 1. The van der Waals surface area contributed by atoms with E-state index < -0.39 is 76.2 Å². The highest BCUT2D eigenvalue weighted by Crippen LogP contribution is 2.40. The number of hydrogen-bond acceptors (Lipinski definition) is 15. The fraction of sp³-hybridized carbons (Fsp3) is 0.294. The molecule has 2 aliphatic rings. The molecule has 3 atom stereocenters. The van der Waals surface area contributed by atoms with Crippen molar-refractivity contribution in [1.29, 1.82) is 0 Å². The minimum atomic E-state index is -1.47. The Balaban J connectivity index is 1.41. The molecule has 2 aliphatic heterocycles. The van der Waals surface area contributed by atoms with Crippen LogP contribution in [0.2, 0.25) is 0 Å². The van der Waals surface area contributed by atoms with E-state index in [1.807, 2.05) is 0 Å². The first-order valence-electron chi connectivity index (χ1n) is 15.8. The SMILES string of the molecule is CCOC(=O)Oc1cc2occ(C(=O)N[C@@H](C(=O)N[C@@H]3C(=O)N4C(C(=O)O)=C(COC(C)=O)CS[C@H]34)c3ccccc3)c(=O)c2cc1OC(=O)OCC. The molecule has 5 rings (SSSR count). The molecule has 18 nitrogen and oxygen atoms in total. The predicted octanol–water partition coefficient (Wildman–Crippen LogP) is 2.64. The van der Waals surface area contributed by atoms with E-state index in [4.69, 9.17) is 28.1 Å². The average molecular weight is 754 g/mol. The normalized spacial score (nSPS) is 16.7. The number of nitrogens with zero attached hydrogens (tertiary/aromatic N) is 1. The minimum Gasteiger partial charge on any atom is -0.477 e. The van der Waals surface area contributed by atoms with Gasteiger partial charge < -0.3 is 43.8 Å². The maximum absolute atomic E-state index is 13.8. The first-order valence-corrected chi connectivity index (χ1v) is 16.9. The van der Waals surface area contributed by atoms with Crippen molar-refractivity contribution in [3.8, 4) is 11.5 Å². The molecule has 0 unspecified atom stereocenters. The lowest BCUT2D eigenvalue weighted by atomic mass is 10.0. The number of esters is 1. The van der Waals surface area contributed by atoms with E-state index in [1.165, 1.54) is 26.0 Å². The molecular weight excluding hydrogens is 722 g/mol. The van der Waals surface area contributed by atoms with E-state index in [0.29, 0.717) is 0 Å². The Morgan fingerprint density at radius 3 is 2.21 bits per heavy atom. The third kappa shape index (κ3) is 8.25. The van der Waals surface area contributed by atoms with Gasteiger partial charge in [-0.25, -0.2) is 14.4 Å². The van der Waals surface area contributed by atoms with Crippen molar-refractivity contribution in [2.45, 2.75) is 38.2 Å². The molecule has 1 fully saturated rings. The van der Waals surface area contributed by atoms with Crippen LogP contribution < -0.4 is 25.5 Å². The van der Waals surface area contributed by atoms with Crippen LogP contribution in [0.15, 0.2) is 69.2 Å². The van der Waals surface area contributed by atoms with Crippen molar-refractivity contribution in [3.63, 3.8) is 0 Å². The van der Waals surface area contributed by atoms with Crippen molar-refractivity contribution in [3.05, 3.63) is 81.3 Å². The van der Waals surface area contributed by atoms with E-state index >= 15 is 0 Å². The highest BCUT2D eigenvalue weighted by molar-refractivity contribution is 8.00. The summed E-state index contributed by atoms with van der Waals surface area (Å²) in [6, 6.07) is 7.30. The number of rotatable bonds is 12. The van der Waals surface area contributed by atoms with E-state index in [1.54, 1.807) is 18.2 Å². The van der Waals surface area contributed by atoms with Gasteiger partial charge in [0.15, 0.2) is 11.5 Å². The Kier molecular flexibility index (Phi) is 11.7. The topological polar surface area (TPSA) is 243 Å². The number of ether oxygens (including phenoxy) is 5. The van der Waals surface area contributed by atoms with Crippen molar-refractivity contribution in [2.75, 3.05) is 25.6 Å². The number of carbonyl (C=O) groups is 7. The standard InChI is InChI=1S/C34H31N3O15S/c1-4-47-33(45)51-22-11-19-21(12-23(22)52-34(46)48-5-2)50-14-20(27(19)39)28(40)35-24(17-9-7-6-8-10-17)29(41)36-25-30(42)37-26(32(43)44)18(13-49-16(3)38)15-53-31(25)37/h6-12,14,24-25,31H,4-5,13,15H2,1-3H3,(H,35,40)(H,36,41)(H,43,44)/t24-,25-,31-/m1/s1. The summed E-state index contributed by atoms with van der Waals surface area (Å²) in [5.41, 5.74) is -1.55. The van der Waals surface area contributed by atoms with Gasteiger partial charge in [-0.3, -0.25) is 28.9 Å². The number of hydrogen-bond donors (Lipinski definition) is 3. The number of aliphatic carboxylic acids is 1. The third-order valence-corrected chi connectivity index (χ3v) is 9.00. The number of amides is 3. The number of β-lactam (4-membered cyclic amide) rings is 1. The van der Waals surface area contributed by atoms with Crippen LogP contribution in [-0.4, -0.2) is 89.0 Å². The zero-order valence-electron chi connectivity index (χ0n) is 28.2. The predicted molar refractivity (Wildman–Crippen MR) is 181 cm³/mol. The average Bonchev–Trinajstić information content (AvgIpc) is 3.12. The van der Waals surface area contributed by atoms with Crippen LogP contribution in [0.5, 0.6) is 11.5 Å². The second kappa shape index (κ2) is 16.3. The zero-order chi connectivity index (χ0) is 38.4. The molecule has 19 heteroatoms. The van der Waals surface area contributed by atoms with Crippen molar-refractivity contribution in [1.82, 2.24) is 15.5 Å². The van der Waals surface area contributed by atoms with Crippen LogP contribution in [0.25, 0.3) is 11.0 Å². The van der Waals surface area contributed by atoms with Crippen LogP contribution >= 0.6 is 11.8 Å². The summed E-state index contributed by atoms with van der Waals surface area (Å²) in [6.45, 7) is 3.79. The Hall–Kier alpha value is -6.37. The molecule has 1 aromatic heterocycles. The number of nitrogens with one attached hydrogen (secondary N) is 2. The molecule has 3 amide bonds. The highest BCUT2D eigenvalue weighted by atomic mass is 32.2. The highest BCUT2D eigenvalue weighted by Gasteiger charge is 2.54. The van der Waals surface area contributed by atoms with Gasteiger partial charge in [0.1, 0.15) is 47.2 Å². The minimum absolute atomic E-state index is 0.0339. The molecule has 0 aliphatic carbocycles. The van der Waals surface area contributed by atoms with E-state index in [9.17, 15) is 43.5 Å². The van der Waals surface area contributed by atoms with Crippen molar-refractivity contribution < 1.29 is 66.8 Å². The summed E-state index contributed by atoms with van der Waals surface area (Å²) in [5.74, 6) is -5.42. The second-order valence-electron chi connectivity index (χ2n) is 11.1. The molecule has 0 bridgehead atoms. The van der Waals surface area contributed by atoms with Gasteiger partial charge in [-0.2, -0.15) is 0 Å². The Morgan fingerprint density at radius 2 is 1.60 bits per heavy atom. The van der Waals surface area contributed by atoms with E-state index in [0.717, 1.165) is 42.0 Å². The summed E-state index contributed by atoms with van der Waals surface area (Å²) in [7, 11) is 0. The summed E-state index contributed by atoms with van der Waals surface area (Å²) in [5, 5.41) is 13.8. The van der Waals surface area contributed by atoms with Crippen LogP contribution in [0.3, 0.4) is 0 Å². The van der Waals surface area contributed by atoms with E-state index in [2.05, 4.69) is 10.6 Å². The van der Waals surface area contributed by atoms with Crippen LogP contribution in [0, 0.1) is 0 Å². The number of fused-ring (bicyclic) bond motifs is 2. The summed E-state index contributed by atoms with van der Waals surface area (Å²) >= 11 is 1.15. The monoisotopic (exact) mass is 753 g/mol. The number of carboxylic acids is 1. The molecule has 0 spiro atoms. The molecule has 3 N–H and O–H groups in total. The van der Waals surface area contributed by atoms with Crippen molar-refractivity contribution >= 4 is 64.7 Å². The first-order chi connectivity index (χ1) is 25.3. The van der Waals surface area contributed by atoms with Crippen molar-refractivity contribution in [2.24, 2.45) is 0 Å². The zero-order valence-corrected chi connectivity index (χ0v) is 29.0. The lowest BCUT2D eigenvalue weighted by Gasteiger charge is -2.49. The Bertz CT molecular complexity index is 2080. The Labute approximate surface area is 303 Å². The third-order valence-electron chi connectivity index (χ3n) is 7.66. The quantitative estimate of drug-likeness (QED) is 0.104. The molecule has 278 valence electrons. The lowest BCUT2D eigenvalue weighted by molar-refractivity contribution is -0.151. The fourth-order valence-electron chi connectivity index (χ4n) is 5.30. The largest absolute Gasteiger partial charge is 0.513 e. The Morgan fingerprint density at radius 1 is 0.962 bits per heavy atom. The summed E-state index contributed by atoms with van der Waals surface area (Å²) in [4.78, 5) is 103. The molecule has 53 heavy (non-hydrogen) atoms. The van der Waals surface area contributed by atoms with Gasteiger partial charge >= 0.3 is 24.2 Å². The fourth-order valence-corrected chi connectivity index (χ4v) is 6.63. The van der Waals surface area contributed by atoms with Crippen LogP contribution in [-0.2, 0) is 33.4 Å². The van der Waals surface area contributed by atoms with Gasteiger partial charge in [-0.1, -0.05) is 30.3 Å².